The Kier molecular flexibility index (Phi) is 5.45. The van der Waals surface area contributed by atoms with Crippen LogP contribution < -0.4 is 5.32 Å². The van der Waals surface area contributed by atoms with Gasteiger partial charge in [-0.05, 0) is 18.1 Å². The van der Waals surface area contributed by atoms with E-state index in [1.165, 1.54) is 18.2 Å². The fraction of sp³-hybridized carbons (Fsp3) is 0.462. The van der Waals surface area contributed by atoms with E-state index in [1.54, 1.807) is 0 Å². The van der Waals surface area contributed by atoms with E-state index in [2.05, 4.69) is 5.32 Å². The van der Waals surface area contributed by atoms with E-state index >= 15 is 0 Å². The summed E-state index contributed by atoms with van der Waals surface area (Å²) in [4.78, 5) is 11.7. The third-order valence-corrected chi connectivity index (χ3v) is 2.15. The minimum Gasteiger partial charge on any atom is -0.508 e. The van der Waals surface area contributed by atoms with Crippen molar-refractivity contribution in [2.24, 2.45) is 5.92 Å². The summed E-state index contributed by atoms with van der Waals surface area (Å²) in [6.07, 6.45) is 0. The highest BCUT2D eigenvalue weighted by molar-refractivity contribution is 5.95. The first-order valence-corrected chi connectivity index (χ1v) is 5.88. The molecule has 5 heteroatoms. The van der Waals surface area contributed by atoms with Crippen molar-refractivity contribution in [3.63, 3.8) is 0 Å². The van der Waals surface area contributed by atoms with Crippen molar-refractivity contribution in [3.05, 3.63) is 23.8 Å². The first-order valence-electron chi connectivity index (χ1n) is 5.88. The fourth-order valence-corrected chi connectivity index (χ4v) is 1.38. The number of rotatable bonds is 6. The molecule has 0 spiro atoms. The number of hydrogen-bond donors (Lipinski definition) is 3. The molecule has 1 aromatic rings. The Labute approximate surface area is 106 Å². The lowest BCUT2D eigenvalue weighted by Crippen LogP contribution is -2.27. The second-order valence-corrected chi connectivity index (χ2v) is 4.46. The van der Waals surface area contributed by atoms with Crippen LogP contribution in [0.4, 0.5) is 0 Å². The van der Waals surface area contributed by atoms with Gasteiger partial charge < -0.3 is 20.3 Å². The van der Waals surface area contributed by atoms with E-state index in [4.69, 9.17) is 4.74 Å². The maximum atomic E-state index is 11.7. The van der Waals surface area contributed by atoms with Crippen molar-refractivity contribution < 1.29 is 19.7 Å². The number of ether oxygens (including phenoxy) is 1. The molecule has 0 saturated carbocycles. The molecule has 1 amide bonds. The van der Waals surface area contributed by atoms with Crippen molar-refractivity contribution in [3.8, 4) is 11.5 Å². The number of nitrogens with one attached hydrogen (secondary N) is 1. The molecule has 0 aliphatic heterocycles. The van der Waals surface area contributed by atoms with Gasteiger partial charge in [0.2, 0.25) is 0 Å². The molecular weight excluding hydrogens is 234 g/mol. The molecule has 5 nitrogen and oxygen atoms in total. The van der Waals surface area contributed by atoms with Crippen molar-refractivity contribution in [2.45, 2.75) is 13.8 Å². The molecule has 0 radical (unpaired) electrons. The Hall–Kier alpha value is -1.75. The molecule has 1 rings (SSSR count). The lowest BCUT2D eigenvalue weighted by molar-refractivity contribution is 0.0885. The maximum Gasteiger partial charge on any atom is 0.251 e. The summed E-state index contributed by atoms with van der Waals surface area (Å²) in [5, 5.41) is 21.1. The van der Waals surface area contributed by atoms with E-state index < -0.39 is 0 Å². The third-order valence-electron chi connectivity index (χ3n) is 2.15. The summed E-state index contributed by atoms with van der Waals surface area (Å²) in [5.41, 5.74) is 0.219. The normalized spacial score (nSPS) is 10.6. The van der Waals surface area contributed by atoms with Crippen LogP contribution in [0.3, 0.4) is 0 Å². The van der Waals surface area contributed by atoms with Crippen molar-refractivity contribution in [1.29, 1.82) is 0 Å². The van der Waals surface area contributed by atoms with Crippen LogP contribution >= 0.6 is 0 Å². The van der Waals surface area contributed by atoms with E-state index in [-0.39, 0.29) is 23.0 Å². The van der Waals surface area contributed by atoms with Crippen LogP contribution in [0, 0.1) is 5.92 Å². The zero-order chi connectivity index (χ0) is 13.5. The second-order valence-electron chi connectivity index (χ2n) is 4.46. The fourth-order valence-electron chi connectivity index (χ4n) is 1.38. The molecule has 18 heavy (non-hydrogen) atoms. The standard InChI is InChI=1S/C13H19NO4/c1-9(2)8-18-4-3-14-13(17)10-5-11(15)7-12(16)6-10/h5-7,9,15-16H,3-4,8H2,1-2H3,(H,14,17). The number of carbonyl (C=O) groups excluding carboxylic acids is 1. The molecule has 0 fully saturated rings. The first kappa shape index (κ1) is 14.3. The number of phenols is 2. The van der Waals surface area contributed by atoms with Crippen LogP contribution in [-0.4, -0.2) is 35.9 Å². The Morgan fingerprint density at radius 2 is 1.89 bits per heavy atom. The van der Waals surface area contributed by atoms with E-state index in [0.717, 1.165) is 0 Å². The van der Waals surface area contributed by atoms with Gasteiger partial charge in [0.1, 0.15) is 11.5 Å². The maximum absolute atomic E-state index is 11.7. The van der Waals surface area contributed by atoms with Crippen LogP contribution in [-0.2, 0) is 4.74 Å². The van der Waals surface area contributed by atoms with Crippen LogP contribution in [0.25, 0.3) is 0 Å². The molecule has 0 aliphatic carbocycles. The smallest absolute Gasteiger partial charge is 0.251 e. The van der Waals surface area contributed by atoms with Crippen LogP contribution in [0.2, 0.25) is 0 Å². The molecule has 0 saturated heterocycles. The Morgan fingerprint density at radius 1 is 1.28 bits per heavy atom. The molecular formula is C13H19NO4. The van der Waals surface area contributed by atoms with E-state index in [1.807, 2.05) is 13.8 Å². The predicted molar refractivity (Wildman–Crippen MR) is 67.8 cm³/mol. The van der Waals surface area contributed by atoms with Crippen molar-refractivity contribution in [1.82, 2.24) is 5.32 Å². The molecule has 0 aliphatic rings. The summed E-state index contributed by atoms with van der Waals surface area (Å²) in [6.45, 7) is 5.59. The average Bonchev–Trinajstić information content (AvgIpc) is 2.26. The zero-order valence-corrected chi connectivity index (χ0v) is 10.6. The van der Waals surface area contributed by atoms with Gasteiger partial charge in [-0.1, -0.05) is 13.8 Å². The SMILES string of the molecule is CC(C)COCCNC(=O)c1cc(O)cc(O)c1. The lowest BCUT2D eigenvalue weighted by atomic mass is 10.2. The minimum atomic E-state index is -0.352. The highest BCUT2D eigenvalue weighted by atomic mass is 16.5. The van der Waals surface area contributed by atoms with Gasteiger partial charge >= 0.3 is 0 Å². The van der Waals surface area contributed by atoms with Crippen LogP contribution in [0.5, 0.6) is 11.5 Å². The van der Waals surface area contributed by atoms with Gasteiger partial charge in [-0.2, -0.15) is 0 Å². The van der Waals surface area contributed by atoms with Crippen molar-refractivity contribution in [2.75, 3.05) is 19.8 Å². The minimum absolute atomic E-state index is 0.142. The largest absolute Gasteiger partial charge is 0.508 e. The number of carbonyl (C=O) groups is 1. The monoisotopic (exact) mass is 253 g/mol. The molecule has 0 atom stereocenters. The van der Waals surface area contributed by atoms with Gasteiger partial charge in [-0.25, -0.2) is 0 Å². The van der Waals surface area contributed by atoms with Gasteiger partial charge in [0, 0.05) is 24.8 Å². The second kappa shape index (κ2) is 6.86. The molecule has 0 unspecified atom stereocenters. The first-order chi connectivity index (χ1) is 8.49. The van der Waals surface area contributed by atoms with Crippen LogP contribution in [0.15, 0.2) is 18.2 Å². The van der Waals surface area contributed by atoms with Crippen LogP contribution in [0.1, 0.15) is 24.2 Å². The number of aromatic hydroxyl groups is 2. The van der Waals surface area contributed by atoms with E-state index in [9.17, 15) is 15.0 Å². The van der Waals surface area contributed by atoms with Gasteiger partial charge in [-0.15, -0.1) is 0 Å². The molecule has 1 aromatic carbocycles. The molecule has 0 bridgehead atoms. The molecule has 0 heterocycles. The quantitative estimate of drug-likeness (QED) is 0.671. The van der Waals surface area contributed by atoms with Gasteiger partial charge in [0.05, 0.1) is 6.61 Å². The average molecular weight is 253 g/mol. The topological polar surface area (TPSA) is 78.8 Å². The lowest BCUT2D eigenvalue weighted by Gasteiger charge is -2.08. The Bertz CT molecular complexity index is 384. The summed E-state index contributed by atoms with van der Waals surface area (Å²) in [6, 6.07) is 3.76. The van der Waals surface area contributed by atoms with Gasteiger partial charge in [0.25, 0.3) is 5.91 Å². The zero-order valence-electron chi connectivity index (χ0n) is 10.6. The van der Waals surface area contributed by atoms with E-state index in [0.29, 0.717) is 25.7 Å². The summed E-state index contributed by atoms with van der Waals surface area (Å²) in [7, 11) is 0. The summed E-state index contributed by atoms with van der Waals surface area (Å²) >= 11 is 0. The Morgan fingerprint density at radius 3 is 2.44 bits per heavy atom. The molecule has 3 N–H and O–H groups in total. The third kappa shape index (κ3) is 5.05. The number of benzene rings is 1. The number of phenolic OH excluding ortho intramolecular Hbond substituents is 2. The van der Waals surface area contributed by atoms with Gasteiger partial charge in [-0.3, -0.25) is 4.79 Å². The molecule has 100 valence electrons. The Balaban J connectivity index is 2.36. The highest BCUT2D eigenvalue weighted by Gasteiger charge is 2.07. The summed E-state index contributed by atoms with van der Waals surface area (Å²) < 4.78 is 5.32. The number of hydrogen-bond acceptors (Lipinski definition) is 4. The van der Waals surface area contributed by atoms with Crippen molar-refractivity contribution >= 4 is 5.91 Å². The summed E-state index contributed by atoms with van der Waals surface area (Å²) in [5.74, 6) is -0.175. The van der Waals surface area contributed by atoms with Gasteiger partial charge in [0.15, 0.2) is 0 Å². The number of amides is 1. The highest BCUT2D eigenvalue weighted by Crippen LogP contribution is 2.20. The predicted octanol–water partition coefficient (Wildman–Crippen LogP) is 1.50. The molecule has 0 aromatic heterocycles.